The molecule has 0 fully saturated rings. The molecule has 1 unspecified atom stereocenters. The standard InChI is InChI=1S/C16H26O3/c1-7-9-13(11(3)4)15(17)19-16(18)14(10-8-2)12(5)6/h7-8,11-14H,1-2,9-10H2,3-6H3/t13-,14?/m0/s1. The zero-order chi connectivity index (χ0) is 15.0. The van der Waals surface area contributed by atoms with Crippen molar-refractivity contribution in [2.75, 3.05) is 0 Å². The highest BCUT2D eigenvalue weighted by Crippen LogP contribution is 2.21. The third kappa shape index (κ3) is 5.86. The highest BCUT2D eigenvalue weighted by atomic mass is 16.6. The number of hydrogen-bond acceptors (Lipinski definition) is 3. The Morgan fingerprint density at radius 3 is 1.42 bits per heavy atom. The zero-order valence-corrected chi connectivity index (χ0v) is 12.5. The highest BCUT2D eigenvalue weighted by Gasteiger charge is 2.29. The van der Waals surface area contributed by atoms with Gasteiger partial charge in [0.05, 0.1) is 11.8 Å². The summed E-state index contributed by atoms with van der Waals surface area (Å²) in [7, 11) is 0. The van der Waals surface area contributed by atoms with Crippen LogP contribution in [-0.2, 0) is 14.3 Å². The van der Waals surface area contributed by atoms with E-state index in [0.29, 0.717) is 12.8 Å². The third-order valence-electron chi connectivity index (χ3n) is 3.26. The summed E-state index contributed by atoms with van der Waals surface area (Å²) in [5.41, 5.74) is 0. The fourth-order valence-electron chi connectivity index (χ4n) is 1.89. The molecule has 19 heavy (non-hydrogen) atoms. The van der Waals surface area contributed by atoms with Crippen LogP contribution in [0.25, 0.3) is 0 Å². The first kappa shape index (κ1) is 17.6. The Labute approximate surface area is 116 Å². The van der Waals surface area contributed by atoms with Gasteiger partial charge in [0, 0.05) is 0 Å². The molecule has 0 saturated heterocycles. The largest absolute Gasteiger partial charge is 0.393 e. The molecule has 0 amide bonds. The second-order valence-electron chi connectivity index (χ2n) is 5.49. The maximum atomic E-state index is 12.0. The summed E-state index contributed by atoms with van der Waals surface area (Å²) in [5, 5.41) is 0. The van der Waals surface area contributed by atoms with Gasteiger partial charge in [-0.2, -0.15) is 0 Å². The minimum absolute atomic E-state index is 0.121. The molecule has 0 aliphatic heterocycles. The normalized spacial score (nSPS) is 14.0. The van der Waals surface area contributed by atoms with Gasteiger partial charge in [-0.05, 0) is 24.7 Å². The fraction of sp³-hybridized carbons (Fsp3) is 0.625. The van der Waals surface area contributed by atoms with Crippen LogP contribution in [0, 0.1) is 23.7 Å². The first-order valence-electron chi connectivity index (χ1n) is 6.82. The summed E-state index contributed by atoms with van der Waals surface area (Å²) < 4.78 is 5.03. The number of allylic oxidation sites excluding steroid dienone is 2. The minimum Gasteiger partial charge on any atom is -0.393 e. The van der Waals surface area contributed by atoms with Crippen molar-refractivity contribution in [2.45, 2.75) is 40.5 Å². The van der Waals surface area contributed by atoms with E-state index in [0.717, 1.165) is 0 Å². The third-order valence-corrected chi connectivity index (χ3v) is 3.26. The Hall–Kier alpha value is -1.38. The lowest BCUT2D eigenvalue weighted by Crippen LogP contribution is -2.30. The van der Waals surface area contributed by atoms with E-state index in [9.17, 15) is 9.59 Å². The van der Waals surface area contributed by atoms with Crippen LogP contribution in [0.4, 0.5) is 0 Å². The predicted molar refractivity (Wildman–Crippen MR) is 77.4 cm³/mol. The van der Waals surface area contributed by atoms with E-state index in [4.69, 9.17) is 4.74 Å². The summed E-state index contributed by atoms with van der Waals surface area (Å²) in [4.78, 5) is 24.0. The fourth-order valence-corrected chi connectivity index (χ4v) is 1.89. The summed E-state index contributed by atoms with van der Waals surface area (Å²) in [6.45, 7) is 15.0. The molecule has 3 heteroatoms. The molecule has 0 aromatic rings. The van der Waals surface area contributed by atoms with E-state index < -0.39 is 11.9 Å². The maximum Gasteiger partial charge on any atom is 0.317 e. The lowest BCUT2D eigenvalue weighted by atomic mass is 9.91. The lowest BCUT2D eigenvalue weighted by Gasteiger charge is -2.21. The van der Waals surface area contributed by atoms with E-state index >= 15 is 0 Å². The van der Waals surface area contributed by atoms with Gasteiger partial charge in [0.2, 0.25) is 0 Å². The van der Waals surface area contributed by atoms with E-state index in [-0.39, 0.29) is 23.7 Å². The summed E-state index contributed by atoms with van der Waals surface area (Å²) in [5.74, 6) is -1.27. The quantitative estimate of drug-likeness (QED) is 0.382. The number of rotatable bonds is 8. The molecule has 0 aliphatic rings. The van der Waals surface area contributed by atoms with Crippen molar-refractivity contribution in [3.63, 3.8) is 0 Å². The van der Waals surface area contributed by atoms with Gasteiger partial charge in [-0.1, -0.05) is 39.8 Å². The highest BCUT2D eigenvalue weighted by molar-refractivity contribution is 5.88. The Morgan fingerprint density at radius 1 is 0.895 bits per heavy atom. The average Bonchev–Trinajstić information content (AvgIpc) is 2.31. The second-order valence-corrected chi connectivity index (χ2v) is 5.49. The average molecular weight is 266 g/mol. The van der Waals surface area contributed by atoms with Crippen LogP contribution in [-0.4, -0.2) is 11.9 Å². The Kier molecular flexibility index (Phi) is 8.05. The molecular weight excluding hydrogens is 240 g/mol. The molecule has 0 saturated carbocycles. The molecule has 0 bridgehead atoms. The van der Waals surface area contributed by atoms with E-state index in [2.05, 4.69) is 13.2 Å². The molecule has 0 aliphatic carbocycles. The maximum absolute atomic E-state index is 12.0. The Bertz CT molecular complexity index is 297. The van der Waals surface area contributed by atoms with Gasteiger partial charge in [0.15, 0.2) is 0 Å². The molecule has 0 aromatic carbocycles. The van der Waals surface area contributed by atoms with E-state index in [1.807, 2.05) is 27.7 Å². The van der Waals surface area contributed by atoms with Gasteiger partial charge in [-0.3, -0.25) is 9.59 Å². The van der Waals surface area contributed by atoms with Gasteiger partial charge in [-0.15, -0.1) is 13.2 Å². The van der Waals surface area contributed by atoms with E-state index in [1.54, 1.807) is 12.2 Å². The van der Waals surface area contributed by atoms with Crippen molar-refractivity contribution in [2.24, 2.45) is 23.7 Å². The SMILES string of the molecule is C=CCC(C(=O)OC(=O)[C@@H](CC=C)C(C)C)C(C)C. The molecule has 0 spiro atoms. The van der Waals surface area contributed by atoms with Crippen molar-refractivity contribution in [1.82, 2.24) is 0 Å². The number of hydrogen-bond donors (Lipinski definition) is 0. The summed E-state index contributed by atoms with van der Waals surface area (Å²) in [6, 6.07) is 0. The smallest absolute Gasteiger partial charge is 0.317 e. The van der Waals surface area contributed by atoms with Gasteiger partial charge in [-0.25, -0.2) is 0 Å². The van der Waals surface area contributed by atoms with Crippen molar-refractivity contribution in [1.29, 1.82) is 0 Å². The van der Waals surface area contributed by atoms with Gasteiger partial charge < -0.3 is 4.74 Å². The summed E-state index contributed by atoms with van der Waals surface area (Å²) in [6.07, 6.45) is 4.41. The number of carbonyl (C=O) groups is 2. The molecule has 0 radical (unpaired) electrons. The summed E-state index contributed by atoms with van der Waals surface area (Å²) >= 11 is 0. The Morgan fingerprint density at radius 2 is 1.21 bits per heavy atom. The monoisotopic (exact) mass is 266 g/mol. The van der Waals surface area contributed by atoms with Crippen LogP contribution in [0.15, 0.2) is 25.3 Å². The first-order valence-corrected chi connectivity index (χ1v) is 6.82. The van der Waals surface area contributed by atoms with Gasteiger partial charge in [0.25, 0.3) is 0 Å². The molecule has 108 valence electrons. The molecule has 3 nitrogen and oxygen atoms in total. The second kappa shape index (κ2) is 8.68. The van der Waals surface area contributed by atoms with Crippen molar-refractivity contribution in [3.8, 4) is 0 Å². The van der Waals surface area contributed by atoms with Crippen molar-refractivity contribution >= 4 is 11.9 Å². The molecule has 0 N–H and O–H groups in total. The molecule has 0 rings (SSSR count). The van der Waals surface area contributed by atoms with E-state index in [1.165, 1.54) is 0 Å². The minimum atomic E-state index is -0.449. The molecule has 0 heterocycles. The van der Waals surface area contributed by atoms with Crippen molar-refractivity contribution < 1.29 is 14.3 Å². The van der Waals surface area contributed by atoms with Crippen LogP contribution >= 0.6 is 0 Å². The number of carbonyl (C=O) groups excluding carboxylic acids is 2. The molecule has 0 aromatic heterocycles. The van der Waals surface area contributed by atoms with Crippen LogP contribution in [0.3, 0.4) is 0 Å². The predicted octanol–water partition coefficient (Wildman–Crippen LogP) is 3.75. The topological polar surface area (TPSA) is 43.4 Å². The van der Waals surface area contributed by atoms with Crippen molar-refractivity contribution in [3.05, 3.63) is 25.3 Å². The van der Waals surface area contributed by atoms with Crippen LogP contribution in [0.2, 0.25) is 0 Å². The lowest BCUT2D eigenvalue weighted by molar-refractivity contribution is -0.167. The zero-order valence-electron chi connectivity index (χ0n) is 12.5. The van der Waals surface area contributed by atoms with Gasteiger partial charge in [0.1, 0.15) is 0 Å². The molecular formula is C16H26O3. The van der Waals surface area contributed by atoms with Crippen LogP contribution in [0.1, 0.15) is 40.5 Å². The Balaban J connectivity index is 4.71. The van der Waals surface area contributed by atoms with Crippen LogP contribution in [0.5, 0.6) is 0 Å². The molecule has 2 atom stereocenters. The first-order chi connectivity index (χ1) is 8.84. The van der Waals surface area contributed by atoms with Crippen LogP contribution < -0.4 is 0 Å². The number of esters is 2. The number of ether oxygens (including phenoxy) is 1. The van der Waals surface area contributed by atoms with Gasteiger partial charge >= 0.3 is 11.9 Å².